The van der Waals surface area contributed by atoms with Gasteiger partial charge in [-0.3, -0.25) is 4.79 Å². The monoisotopic (exact) mass is 261 g/mol. The molecule has 0 bridgehead atoms. The molecule has 0 saturated heterocycles. The molecule has 2 aromatic rings. The van der Waals surface area contributed by atoms with E-state index in [1.807, 2.05) is 0 Å². The topological polar surface area (TPSA) is 106 Å². The van der Waals surface area contributed by atoms with Crippen molar-refractivity contribution in [1.82, 2.24) is 20.1 Å². The number of nitrogens with zero attached hydrogens (tertiary/aromatic N) is 3. The molecule has 100 valence electrons. The number of nitrogen functional groups attached to an aromatic ring is 1. The number of rotatable bonds is 3. The summed E-state index contributed by atoms with van der Waals surface area (Å²) in [5, 5.41) is 19.9. The van der Waals surface area contributed by atoms with Crippen LogP contribution in [0.4, 0.5) is 5.69 Å². The number of hydrogen-bond acceptors (Lipinski definition) is 5. The number of nitrogens with one attached hydrogen (secondary N) is 1. The largest absolute Gasteiger partial charge is 0.506 e. The van der Waals surface area contributed by atoms with Crippen molar-refractivity contribution in [3.05, 3.63) is 35.9 Å². The lowest BCUT2D eigenvalue weighted by Crippen LogP contribution is -2.28. The molecular formula is C12H15N5O2. The number of carbonyl (C=O) groups excluding carboxylic acids is 1. The van der Waals surface area contributed by atoms with Gasteiger partial charge in [0.1, 0.15) is 12.1 Å². The van der Waals surface area contributed by atoms with E-state index in [0.717, 1.165) is 0 Å². The number of aromatic hydroxyl groups is 1. The fraction of sp³-hybridized carbons (Fsp3) is 0.250. The molecule has 0 fully saturated rings. The van der Waals surface area contributed by atoms with Gasteiger partial charge in [-0.15, -0.1) is 10.2 Å². The van der Waals surface area contributed by atoms with E-state index in [-0.39, 0.29) is 23.4 Å². The zero-order chi connectivity index (χ0) is 14.0. The van der Waals surface area contributed by atoms with E-state index in [9.17, 15) is 9.90 Å². The van der Waals surface area contributed by atoms with Gasteiger partial charge in [0.2, 0.25) is 0 Å². The van der Waals surface area contributed by atoms with Gasteiger partial charge in [-0.1, -0.05) is 0 Å². The molecule has 0 radical (unpaired) electrons. The zero-order valence-electron chi connectivity index (χ0n) is 10.7. The van der Waals surface area contributed by atoms with Crippen LogP contribution in [0.15, 0.2) is 24.5 Å². The highest BCUT2D eigenvalue weighted by Crippen LogP contribution is 2.21. The summed E-state index contributed by atoms with van der Waals surface area (Å²) >= 11 is 0. The maximum Gasteiger partial charge on any atom is 0.251 e. The number of phenols is 1. The first-order chi connectivity index (χ1) is 8.99. The van der Waals surface area contributed by atoms with Gasteiger partial charge in [-0.25, -0.2) is 0 Å². The highest BCUT2D eigenvalue weighted by Gasteiger charge is 2.16. The maximum atomic E-state index is 12.0. The number of aryl methyl sites for hydroxylation is 1. The second kappa shape index (κ2) is 4.97. The predicted molar refractivity (Wildman–Crippen MR) is 69.4 cm³/mol. The van der Waals surface area contributed by atoms with Gasteiger partial charge >= 0.3 is 0 Å². The molecule has 0 spiro atoms. The van der Waals surface area contributed by atoms with Crippen molar-refractivity contribution in [2.24, 2.45) is 7.05 Å². The van der Waals surface area contributed by atoms with Gasteiger partial charge in [0, 0.05) is 12.6 Å². The van der Waals surface area contributed by atoms with Crippen LogP contribution in [0.3, 0.4) is 0 Å². The van der Waals surface area contributed by atoms with Gasteiger partial charge in [-0.2, -0.15) is 0 Å². The number of anilines is 1. The Labute approximate surface area is 110 Å². The standard InChI is InChI=1S/C12H15N5O2/c1-7(11-16-14-6-17(11)2)15-12(19)8-3-4-9(13)10(18)5-8/h3-7,18H,13H2,1-2H3,(H,15,19). The van der Waals surface area contributed by atoms with E-state index < -0.39 is 0 Å². The Balaban J connectivity index is 2.13. The molecule has 7 nitrogen and oxygen atoms in total. The Morgan fingerprint density at radius 3 is 2.84 bits per heavy atom. The highest BCUT2D eigenvalue weighted by molar-refractivity contribution is 5.95. The summed E-state index contributed by atoms with van der Waals surface area (Å²) in [6.07, 6.45) is 1.56. The van der Waals surface area contributed by atoms with Gasteiger partial charge in [0.05, 0.1) is 11.7 Å². The molecule has 1 atom stereocenters. The lowest BCUT2D eigenvalue weighted by atomic mass is 10.1. The quantitative estimate of drug-likeness (QED) is 0.554. The molecule has 0 aliphatic carbocycles. The van der Waals surface area contributed by atoms with E-state index in [0.29, 0.717) is 11.4 Å². The normalized spacial score (nSPS) is 12.1. The van der Waals surface area contributed by atoms with Crippen molar-refractivity contribution in [2.75, 3.05) is 5.73 Å². The first-order valence-corrected chi connectivity index (χ1v) is 5.72. The van der Waals surface area contributed by atoms with E-state index in [2.05, 4.69) is 15.5 Å². The SMILES string of the molecule is CC(NC(=O)c1ccc(N)c(O)c1)c1nncn1C. The van der Waals surface area contributed by atoms with Crippen molar-refractivity contribution in [3.8, 4) is 5.75 Å². The third-order valence-electron chi connectivity index (χ3n) is 2.77. The first-order valence-electron chi connectivity index (χ1n) is 5.72. The number of nitrogens with two attached hydrogens (primary N) is 1. The second-order valence-electron chi connectivity index (χ2n) is 4.27. The summed E-state index contributed by atoms with van der Waals surface area (Å²) in [7, 11) is 1.80. The van der Waals surface area contributed by atoms with Crippen LogP contribution < -0.4 is 11.1 Å². The Bertz CT molecular complexity index is 608. The molecule has 0 saturated carbocycles. The fourth-order valence-electron chi connectivity index (χ4n) is 1.71. The number of phenolic OH excluding ortho intramolecular Hbond substituents is 1. The lowest BCUT2D eigenvalue weighted by molar-refractivity contribution is 0.0937. The van der Waals surface area contributed by atoms with E-state index in [1.165, 1.54) is 12.1 Å². The third-order valence-corrected chi connectivity index (χ3v) is 2.77. The van der Waals surface area contributed by atoms with Crippen LogP contribution in [-0.4, -0.2) is 25.8 Å². The van der Waals surface area contributed by atoms with E-state index >= 15 is 0 Å². The first kappa shape index (κ1) is 12.9. The maximum absolute atomic E-state index is 12.0. The molecule has 1 aromatic carbocycles. The zero-order valence-corrected chi connectivity index (χ0v) is 10.7. The summed E-state index contributed by atoms with van der Waals surface area (Å²) < 4.78 is 1.73. The van der Waals surface area contributed by atoms with Crippen molar-refractivity contribution in [1.29, 1.82) is 0 Å². The molecule has 2 rings (SSSR count). The van der Waals surface area contributed by atoms with Crippen LogP contribution in [0, 0.1) is 0 Å². The van der Waals surface area contributed by atoms with Crippen molar-refractivity contribution >= 4 is 11.6 Å². The van der Waals surface area contributed by atoms with E-state index in [1.54, 1.807) is 30.9 Å². The number of benzene rings is 1. The summed E-state index contributed by atoms with van der Waals surface area (Å²) in [6, 6.07) is 4.07. The smallest absolute Gasteiger partial charge is 0.251 e. The molecule has 7 heteroatoms. The van der Waals surface area contributed by atoms with Crippen LogP contribution >= 0.6 is 0 Å². The molecular weight excluding hydrogens is 246 g/mol. The molecule has 0 aliphatic heterocycles. The van der Waals surface area contributed by atoms with Gasteiger partial charge in [0.25, 0.3) is 5.91 Å². The lowest BCUT2D eigenvalue weighted by Gasteiger charge is -2.13. The Kier molecular flexibility index (Phi) is 3.37. The van der Waals surface area contributed by atoms with Crippen LogP contribution in [0.1, 0.15) is 29.1 Å². The van der Waals surface area contributed by atoms with E-state index in [4.69, 9.17) is 5.73 Å². The minimum Gasteiger partial charge on any atom is -0.506 e. The van der Waals surface area contributed by atoms with Crippen LogP contribution in [-0.2, 0) is 7.05 Å². The molecule has 19 heavy (non-hydrogen) atoms. The second-order valence-corrected chi connectivity index (χ2v) is 4.27. The predicted octanol–water partition coefficient (Wildman–Crippen LogP) is 0.594. The van der Waals surface area contributed by atoms with Gasteiger partial charge in [-0.05, 0) is 25.1 Å². The molecule has 1 amide bonds. The fourth-order valence-corrected chi connectivity index (χ4v) is 1.71. The average Bonchev–Trinajstić information content (AvgIpc) is 2.79. The van der Waals surface area contributed by atoms with Crippen LogP contribution in [0.2, 0.25) is 0 Å². The minimum absolute atomic E-state index is 0.112. The Hall–Kier alpha value is -2.57. The van der Waals surface area contributed by atoms with Crippen molar-refractivity contribution in [3.63, 3.8) is 0 Å². The minimum atomic E-state index is -0.314. The number of hydrogen-bond donors (Lipinski definition) is 3. The summed E-state index contributed by atoms with van der Waals surface area (Å²) in [5.41, 5.74) is 6.05. The molecule has 1 unspecified atom stereocenters. The Morgan fingerprint density at radius 1 is 1.53 bits per heavy atom. The highest BCUT2D eigenvalue weighted by atomic mass is 16.3. The van der Waals surface area contributed by atoms with Gasteiger partial charge in [0.15, 0.2) is 5.82 Å². The molecule has 4 N–H and O–H groups in total. The number of aromatic nitrogens is 3. The summed E-state index contributed by atoms with van der Waals surface area (Å²) in [4.78, 5) is 12.0. The molecule has 1 heterocycles. The summed E-state index contributed by atoms with van der Waals surface area (Å²) in [5.74, 6) is 0.220. The van der Waals surface area contributed by atoms with Crippen LogP contribution in [0.25, 0.3) is 0 Å². The Morgan fingerprint density at radius 2 is 2.26 bits per heavy atom. The van der Waals surface area contributed by atoms with Gasteiger partial charge < -0.3 is 20.7 Å². The van der Waals surface area contributed by atoms with Crippen molar-refractivity contribution < 1.29 is 9.90 Å². The average molecular weight is 261 g/mol. The number of carbonyl (C=O) groups is 1. The van der Waals surface area contributed by atoms with Crippen molar-refractivity contribution in [2.45, 2.75) is 13.0 Å². The third kappa shape index (κ3) is 2.65. The molecule has 0 aliphatic rings. The summed E-state index contributed by atoms with van der Waals surface area (Å²) in [6.45, 7) is 1.80. The van der Waals surface area contributed by atoms with Crippen LogP contribution in [0.5, 0.6) is 5.75 Å². The molecule has 1 aromatic heterocycles. The number of amides is 1.